The monoisotopic (exact) mass is 424 g/mol. The number of carbonyl (C=O) groups is 2. The first-order valence-corrected chi connectivity index (χ1v) is 11.2. The summed E-state index contributed by atoms with van der Waals surface area (Å²) in [6.07, 6.45) is 7.71. The quantitative estimate of drug-likeness (QED) is 0.646. The molecule has 0 bridgehead atoms. The molecule has 5 rings (SSSR count). The number of amides is 2. The zero-order chi connectivity index (χ0) is 21.2. The molecule has 2 amide bonds. The minimum Gasteiger partial charge on any atom is -0.467 e. The molecule has 2 fully saturated rings. The van der Waals surface area contributed by atoms with Crippen molar-refractivity contribution in [2.24, 2.45) is 5.92 Å². The number of benzene rings is 1. The molecular formula is C24H28N2O5. The van der Waals surface area contributed by atoms with Crippen LogP contribution in [0.1, 0.15) is 49.8 Å². The molecule has 164 valence electrons. The maximum absolute atomic E-state index is 13.4. The molecule has 1 aromatic heterocycles. The Morgan fingerprint density at radius 3 is 2.52 bits per heavy atom. The highest BCUT2D eigenvalue weighted by Gasteiger charge is 2.38. The van der Waals surface area contributed by atoms with Gasteiger partial charge in [0.15, 0.2) is 11.5 Å². The van der Waals surface area contributed by atoms with Crippen molar-refractivity contribution in [3.8, 4) is 11.5 Å². The molecule has 0 spiro atoms. The van der Waals surface area contributed by atoms with Gasteiger partial charge in [-0.3, -0.25) is 9.59 Å². The molecule has 2 aromatic rings. The van der Waals surface area contributed by atoms with Crippen molar-refractivity contribution in [1.82, 2.24) is 9.80 Å². The van der Waals surface area contributed by atoms with Gasteiger partial charge >= 0.3 is 0 Å². The Bertz CT molecular complexity index is 931. The topological polar surface area (TPSA) is 72.2 Å². The average Bonchev–Trinajstić information content (AvgIpc) is 3.21. The van der Waals surface area contributed by atoms with E-state index >= 15 is 0 Å². The van der Waals surface area contributed by atoms with Crippen molar-refractivity contribution >= 4 is 11.8 Å². The van der Waals surface area contributed by atoms with E-state index in [9.17, 15) is 9.59 Å². The van der Waals surface area contributed by atoms with Crippen molar-refractivity contribution < 1.29 is 23.5 Å². The molecule has 2 heterocycles. The van der Waals surface area contributed by atoms with E-state index in [0.29, 0.717) is 24.6 Å². The van der Waals surface area contributed by atoms with Gasteiger partial charge in [0.1, 0.15) is 12.3 Å². The third-order valence-corrected chi connectivity index (χ3v) is 6.37. The van der Waals surface area contributed by atoms with Crippen LogP contribution < -0.4 is 9.47 Å². The fourth-order valence-corrected chi connectivity index (χ4v) is 4.51. The van der Waals surface area contributed by atoms with Crippen molar-refractivity contribution in [3.63, 3.8) is 0 Å². The van der Waals surface area contributed by atoms with E-state index in [1.807, 2.05) is 35.2 Å². The molecule has 7 nitrogen and oxygen atoms in total. The van der Waals surface area contributed by atoms with Gasteiger partial charge in [0, 0.05) is 18.5 Å². The molecule has 1 aliphatic heterocycles. The second kappa shape index (κ2) is 8.65. The second-order valence-corrected chi connectivity index (χ2v) is 8.70. The number of rotatable bonds is 8. The lowest BCUT2D eigenvalue weighted by Crippen LogP contribution is -2.45. The summed E-state index contributed by atoms with van der Waals surface area (Å²) in [5, 5.41) is 0. The SMILES string of the molecule is O=C(CN(C(=O)C1CCCC1)C1CC1)N(Cc1ccc2c(c1)OCO2)Cc1ccco1. The van der Waals surface area contributed by atoms with Crippen LogP contribution in [-0.4, -0.2) is 41.0 Å². The molecule has 3 aliphatic rings. The van der Waals surface area contributed by atoms with Crippen LogP contribution in [0.2, 0.25) is 0 Å². The molecule has 2 saturated carbocycles. The van der Waals surface area contributed by atoms with Crippen LogP contribution in [0.5, 0.6) is 11.5 Å². The molecule has 0 saturated heterocycles. The predicted molar refractivity (Wildman–Crippen MR) is 112 cm³/mol. The summed E-state index contributed by atoms with van der Waals surface area (Å²) >= 11 is 0. The van der Waals surface area contributed by atoms with E-state index in [-0.39, 0.29) is 37.1 Å². The van der Waals surface area contributed by atoms with Crippen molar-refractivity contribution in [2.75, 3.05) is 13.3 Å². The van der Waals surface area contributed by atoms with Gasteiger partial charge in [-0.1, -0.05) is 18.9 Å². The molecule has 0 radical (unpaired) electrons. The number of nitrogens with zero attached hydrogens (tertiary/aromatic N) is 2. The third kappa shape index (κ3) is 4.55. The number of furan rings is 1. The van der Waals surface area contributed by atoms with Crippen LogP contribution in [0.3, 0.4) is 0 Å². The summed E-state index contributed by atoms with van der Waals surface area (Å²) in [6, 6.07) is 9.62. The molecule has 0 N–H and O–H groups in total. The summed E-state index contributed by atoms with van der Waals surface area (Å²) < 4.78 is 16.4. The minimum atomic E-state index is -0.0627. The van der Waals surface area contributed by atoms with E-state index in [2.05, 4.69) is 0 Å². The first-order chi connectivity index (χ1) is 15.2. The van der Waals surface area contributed by atoms with Crippen LogP contribution in [-0.2, 0) is 22.7 Å². The van der Waals surface area contributed by atoms with Gasteiger partial charge in [-0.15, -0.1) is 0 Å². The second-order valence-electron chi connectivity index (χ2n) is 8.70. The minimum absolute atomic E-state index is 0.0627. The standard InChI is InChI=1S/C24H28N2O5/c27-23(15-26(19-8-9-19)24(28)18-4-1-2-5-18)25(14-20-6-3-11-29-20)13-17-7-10-21-22(12-17)31-16-30-21/h3,6-7,10-12,18-19H,1-2,4-5,8-9,13-16H2. The maximum Gasteiger partial charge on any atom is 0.242 e. The highest BCUT2D eigenvalue weighted by Crippen LogP contribution is 2.34. The van der Waals surface area contributed by atoms with Crippen LogP contribution in [0.15, 0.2) is 41.0 Å². The van der Waals surface area contributed by atoms with E-state index in [1.165, 1.54) is 0 Å². The van der Waals surface area contributed by atoms with Gasteiger partial charge in [-0.05, 0) is 55.5 Å². The zero-order valence-electron chi connectivity index (χ0n) is 17.6. The average molecular weight is 424 g/mol. The Morgan fingerprint density at radius 1 is 0.968 bits per heavy atom. The molecule has 0 atom stereocenters. The van der Waals surface area contributed by atoms with Gasteiger partial charge in [-0.2, -0.15) is 0 Å². The van der Waals surface area contributed by atoms with Crippen LogP contribution in [0.4, 0.5) is 0 Å². The zero-order valence-corrected chi connectivity index (χ0v) is 17.6. The summed E-state index contributed by atoms with van der Waals surface area (Å²) in [5.41, 5.74) is 0.948. The predicted octanol–water partition coefficient (Wildman–Crippen LogP) is 3.72. The Morgan fingerprint density at radius 2 is 1.77 bits per heavy atom. The number of carbonyl (C=O) groups excluding carboxylic acids is 2. The first-order valence-electron chi connectivity index (χ1n) is 11.2. The third-order valence-electron chi connectivity index (χ3n) is 6.37. The van der Waals surface area contributed by atoms with E-state index in [4.69, 9.17) is 13.9 Å². The first kappa shape index (κ1) is 20.0. The van der Waals surface area contributed by atoms with Crippen molar-refractivity contribution in [1.29, 1.82) is 0 Å². The number of hydrogen-bond acceptors (Lipinski definition) is 5. The molecule has 2 aliphatic carbocycles. The van der Waals surface area contributed by atoms with Gasteiger partial charge in [-0.25, -0.2) is 0 Å². The van der Waals surface area contributed by atoms with Crippen molar-refractivity contribution in [2.45, 2.75) is 57.7 Å². The fraction of sp³-hybridized carbons (Fsp3) is 0.500. The normalized spacial score (nSPS) is 17.7. The molecular weight excluding hydrogens is 396 g/mol. The smallest absolute Gasteiger partial charge is 0.242 e. The van der Waals surface area contributed by atoms with Crippen molar-refractivity contribution in [3.05, 3.63) is 47.9 Å². The molecule has 31 heavy (non-hydrogen) atoms. The molecule has 0 unspecified atom stereocenters. The lowest BCUT2D eigenvalue weighted by Gasteiger charge is -2.29. The Balaban J connectivity index is 1.32. The summed E-state index contributed by atoms with van der Waals surface area (Å²) in [4.78, 5) is 30.1. The van der Waals surface area contributed by atoms with Crippen LogP contribution in [0, 0.1) is 5.92 Å². The molecule has 7 heteroatoms. The fourth-order valence-electron chi connectivity index (χ4n) is 4.51. The maximum atomic E-state index is 13.4. The molecule has 1 aromatic carbocycles. The number of hydrogen-bond donors (Lipinski definition) is 0. The van der Waals surface area contributed by atoms with Gasteiger partial charge in [0.25, 0.3) is 0 Å². The van der Waals surface area contributed by atoms with Gasteiger partial charge < -0.3 is 23.7 Å². The Hall–Kier alpha value is -2.96. The van der Waals surface area contributed by atoms with Crippen LogP contribution in [0.25, 0.3) is 0 Å². The lowest BCUT2D eigenvalue weighted by atomic mass is 10.1. The summed E-state index contributed by atoms with van der Waals surface area (Å²) in [6.45, 7) is 1.11. The van der Waals surface area contributed by atoms with E-state index in [1.54, 1.807) is 11.2 Å². The summed E-state index contributed by atoms with van der Waals surface area (Å²) in [5.74, 6) is 2.31. The Labute approximate surface area is 181 Å². The lowest BCUT2D eigenvalue weighted by molar-refractivity contribution is -0.144. The highest BCUT2D eigenvalue weighted by atomic mass is 16.7. The summed E-state index contributed by atoms with van der Waals surface area (Å²) in [7, 11) is 0. The van der Waals surface area contributed by atoms with E-state index in [0.717, 1.165) is 49.8 Å². The largest absolute Gasteiger partial charge is 0.467 e. The highest BCUT2D eigenvalue weighted by molar-refractivity contribution is 5.86. The number of fused-ring (bicyclic) bond motifs is 1. The van der Waals surface area contributed by atoms with Gasteiger partial charge in [0.05, 0.1) is 12.8 Å². The van der Waals surface area contributed by atoms with Crippen LogP contribution >= 0.6 is 0 Å². The van der Waals surface area contributed by atoms with E-state index < -0.39 is 0 Å². The van der Waals surface area contributed by atoms with Gasteiger partial charge in [0.2, 0.25) is 18.6 Å². The Kier molecular flexibility index (Phi) is 5.57. The number of ether oxygens (including phenoxy) is 2.